The van der Waals surface area contributed by atoms with Crippen LogP contribution in [-0.2, 0) is 6.67 Å². The van der Waals surface area contributed by atoms with Crippen molar-refractivity contribution in [2.75, 3.05) is 31.1 Å². The van der Waals surface area contributed by atoms with Gasteiger partial charge < -0.3 is 4.90 Å². The fourth-order valence-electron chi connectivity index (χ4n) is 4.17. The number of nitrogens with zero attached hydrogens (tertiary/aromatic N) is 6. The summed E-state index contributed by atoms with van der Waals surface area (Å²) < 4.78 is 4.57. The van der Waals surface area contributed by atoms with Gasteiger partial charge in [0.1, 0.15) is 0 Å². The second-order valence-electron chi connectivity index (χ2n) is 7.85. The number of ketones is 1. The van der Waals surface area contributed by atoms with Gasteiger partial charge in [0.15, 0.2) is 5.78 Å². The SMILES string of the molecule is CC(=O)c1ccc(N2CCN(Cn3nnn(C4CCCCC4)c3=S)CC2)cc1. The molecule has 0 spiro atoms. The van der Waals surface area contributed by atoms with Crippen molar-refractivity contribution >= 4 is 23.7 Å². The number of rotatable bonds is 5. The molecular formula is C20H28N6OS. The first kappa shape index (κ1) is 19.3. The zero-order valence-corrected chi connectivity index (χ0v) is 17.3. The van der Waals surface area contributed by atoms with E-state index < -0.39 is 0 Å². The Kier molecular flexibility index (Phi) is 5.87. The van der Waals surface area contributed by atoms with Gasteiger partial charge in [0.2, 0.25) is 4.77 Å². The molecule has 0 atom stereocenters. The van der Waals surface area contributed by atoms with E-state index in [2.05, 4.69) is 20.2 Å². The molecule has 2 aromatic rings. The fraction of sp³-hybridized carbons (Fsp3) is 0.600. The Morgan fingerprint density at radius 1 is 1.04 bits per heavy atom. The summed E-state index contributed by atoms with van der Waals surface area (Å²) in [5, 5.41) is 8.68. The van der Waals surface area contributed by atoms with Crippen LogP contribution in [0.4, 0.5) is 5.69 Å². The number of carbonyl (C=O) groups excluding carboxylic acids is 1. The molecule has 2 heterocycles. The molecule has 2 fully saturated rings. The predicted molar refractivity (Wildman–Crippen MR) is 111 cm³/mol. The molecule has 1 aromatic carbocycles. The highest BCUT2D eigenvalue weighted by Crippen LogP contribution is 2.27. The van der Waals surface area contributed by atoms with Crippen LogP contribution in [0, 0.1) is 4.77 Å². The van der Waals surface area contributed by atoms with Crippen molar-refractivity contribution in [1.29, 1.82) is 0 Å². The van der Waals surface area contributed by atoms with Gasteiger partial charge in [-0.2, -0.15) is 0 Å². The normalized spacial score (nSPS) is 19.1. The Morgan fingerprint density at radius 2 is 1.71 bits per heavy atom. The maximum atomic E-state index is 11.4. The van der Waals surface area contributed by atoms with Gasteiger partial charge in [-0.25, -0.2) is 9.36 Å². The smallest absolute Gasteiger partial charge is 0.217 e. The van der Waals surface area contributed by atoms with Crippen molar-refractivity contribution in [3.8, 4) is 0 Å². The molecule has 1 saturated carbocycles. The van der Waals surface area contributed by atoms with Gasteiger partial charge in [0.25, 0.3) is 0 Å². The standard InChI is InChI=1S/C20H28N6OS/c1-16(27)17-7-9-18(10-8-17)24-13-11-23(12-14-24)15-25-20(28)26(22-21-25)19-5-3-2-4-6-19/h7-10,19H,2-6,11-15H2,1H3. The van der Waals surface area contributed by atoms with Gasteiger partial charge in [-0.1, -0.05) is 19.3 Å². The van der Waals surface area contributed by atoms with Crippen molar-refractivity contribution in [2.45, 2.75) is 51.7 Å². The van der Waals surface area contributed by atoms with Crippen LogP contribution in [0.25, 0.3) is 0 Å². The van der Waals surface area contributed by atoms with Crippen LogP contribution in [0.3, 0.4) is 0 Å². The van der Waals surface area contributed by atoms with Crippen LogP contribution in [-0.4, -0.2) is 56.7 Å². The molecule has 0 amide bonds. The number of tetrazole rings is 1. The molecule has 28 heavy (non-hydrogen) atoms. The monoisotopic (exact) mass is 400 g/mol. The Balaban J connectivity index is 1.34. The maximum Gasteiger partial charge on any atom is 0.217 e. The van der Waals surface area contributed by atoms with E-state index in [1.54, 1.807) is 6.92 Å². The van der Waals surface area contributed by atoms with Crippen LogP contribution in [0.15, 0.2) is 24.3 Å². The van der Waals surface area contributed by atoms with Crippen LogP contribution in [0.1, 0.15) is 55.4 Å². The van der Waals surface area contributed by atoms with Crippen molar-refractivity contribution in [2.24, 2.45) is 0 Å². The van der Waals surface area contributed by atoms with Crippen LogP contribution in [0.5, 0.6) is 0 Å². The molecule has 1 saturated heterocycles. The summed E-state index contributed by atoms with van der Waals surface area (Å²) in [7, 11) is 0. The van der Waals surface area contributed by atoms with Gasteiger partial charge in [-0.3, -0.25) is 9.69 Å². The lowest BCUT2D eigenvalue weighted by molar-refractivity contribution is 0.101. The molecule has 4 rings (SSSR count). The summed E-state index contributed by atoms with van der Waals surface area (Å²) in [6, 6.07) is 8.32. The number of hydrogen-bond acceptors (Lipinski definition) is 6. The minimum absolute atomic E-state index is 0.106. The molecule has 0 bridgehead atoms. The fourth-order valence-corrected chi connectivity index (χ4v) is 4.45. The zero-order chi connectivity index (χ0) is 19.5. The summed E-state index contributed by atoms with van der Waals surface area (Å²) in [6.07, 6.45) is 6.16. The topological polar surface area (TPSA) is 59.2 Å². The first-order valence-electron chi connectivity index (χ1n) is 10.2. The van der Waals surface area contributed by atoms with Gasteiger partial charge in [0.05, 0.1) is 12.7 Å². The lowest BCUT2D eigenvalue weighted by Crippen LogP contribution is -2.47. The second-order valence-corrected chi connectivity index (χ2v) is 8.21. The van der Waals surface area contributed by atoms with Gasteiger partial charge in [0, 0.05) is 37.4 Å². The molecule has 0 unspecified atom stereocenters. The van der Waals surface area contributed by atoms with E-state index in [0.717, 1.165) is 49.4 Å². The Morgan fingerprint density at radius 3 is 2.36 bits per heavy atom. The second kappa shape index (κ2) is 8.53. The molecule has 150 valence electrons. The van der Waals surface area contributed by atoms with E-state index in [1.807, 2.05) is 33.6 Å². The maximum absolute atomic E-state index is 11.4. The van der Waals surface area contributed by atoms with Crippen molar-refractivity contribution in [3.05, 3.63) is 34.6 Å². The van der Waals surface area contributed by atoms with Crippen molar-refractivity contribution in [3.63, 3.8) is 0 Å². The predicted octanol–water partition coefficient (Wildman–Crippen LogP) is 3.30. The van der Waals surface area contributed by atoms with Gasteiger partial charge >= 0.3 is 0 Å². The highest BCUT2D eigenvalue weighted by atomic mass is 32.1. The van der Waals surface area contributed by atoms with Crippen LogP contribution in [0.2, 0.25) is 0 Å². The first-order valence-corrected chi connectivity index (χ1v) is 10.6. The van der Waals surface area contributed by atoms with E-state index in [-0.39, 0.29) is 5.78 Å². The minimum Gasteiger partial charge on any atom is -0.369 e. The average Bonchev–Trinajstić information content (AvgIpc) is 3.09. The number of hydrogen-bond donors (Lipinski definition) is 0. The third-order valence-electron chi connectivity index (χ3n) is 5.93. The van der Waals surface area contributed by atoms with Crippen LogP contribution >= 0.6 is 12.2 Å². The third kappa shape index (κ3) is 4.17. The zero-order valence-electron chi connectivity index (χ0n) is 16.5. The summed E-state index contributed by atoms with van der Waals surface area (Å²) in [5.41, 5.74) is 1.93. The molecule has 0 N–H and O–H groups in total. The molecule has 1 aliphatic carbocycles. The number of aromatic nitrogens is 4. The van der Waals surface area contributed by atoms with E-state index in [4.69, 9.17) is 12.2 Å². The highest BCUT2D eigenvalue weighted by molar-refractivity contribution is 7.71. The van der Waals surface area contributed by atoms with Crippen LogP contribution < -0.4 is 4.90 Å². The van der Waals surface area contributed by atoms with Crippen molar-refractivity contribution < 1.29 is 4.79 Å². The van der Waals surface area contributed by atoms with E-state index >= 15 is 0 Å². The number of anilines is 1. The number of benzene rings is 1. The van der Waals surface area contributed by atoms with Gasteiger partial charge in [-0.05, 0) is 66.7 Å². The Hall–Kier alpha value is -2.06. The summed E-state index contributed by atoms with van der Waals surface area (Å²) in [5.74, 6) is 0.106. The third-order valence-corrected chi connectivity index (χ3v) is 6.32. The first-order chi connectivity index (χ1) is 13.6. The number of Topliss-reactive ketones (excluding diaryl/α,β-unsaturated/α-hetero) is 1. The van der Waals surface area contributed by atoms with Crippen molar-refractivity contribution in [1.82, 2.24) is 24.7 Å². The molecule has 1 aromatic heterocycles. The minimum atomic E-state index is 0.106. The quantitative estimate of drug-likeness (QED) is 0.567. The lowest BCUT2D eigenvalue weighted by Gasteiger charge is -2.35. The number of piperazine rings is 1. The van der Waals surface area contributed by atoms with E-state index in [9.17, 15) is 4.79 Å². The molecule has 0 radical (unpaired) electrons. The molecule has 1 aliphatic heterocycles. The molecule has 2 aliphatic rings. The molecule has 8 heteroatoms. The Labute approximate surface area is 170 Å². The van der Waals surface area contributed by atoms with E-state index in [1.165, 1.54) is 24.9 Å². The average molecular weight is 401 g/mol. The van der Waals surface area contributed by atoms with Gasteiger partial charge in [-0.15, -0.1) is 0 Å². The highest BCUT2D eigenvalue weighted by Gasteiger charge is 2.21. The summed E-state index contributed by atoms with van der Waals surface area (Å²) >= 11 is 5.64. The van der Waals surface area contributed by atoms with E-state index in [0.29, 0.717) is 12.7 Å². The number of carbonyl (C=O) groups is 1. The lowest BCUT2D eigenvalue weighted by atomic mass is 9.96. The summed E-state index contributed by atoms with van der Waals surface area (Å²) in [4.78, 5) is 16.2. The summed E-state index contributed by atoms with van der Waals surface area (Å²) in [6.45, 7) is 6.10. The Bertz CT molecular complexity index is 860. The molecular weight excluding hydrogens is 372 g/mol. The largest absolute Gasteiger partial charge is 0.369 e. The molecule has 7 nitrogen and oxygen atoms in total.